The Morgan fingerprint density at radius 2 is 2.07 bits per heavy atom. The van der Waals surface area contributed by atoms with Gasteiger partial charge in [-0.3, -0.25) is 4.79 Å². The summed E-state index contributed by atoms with van der Waals surface area (Å²) >= 11 is 0. The molecule has 0 atom stereocenters. The van der Waals surface area contributed by atoms with Gasteiger partial charge in [-0.15, -0.1) is 0 Å². The molecule has 2 aromatic heterocycles. The minimum atomic E-state index is -0.361. The third kappa shape index (κ3) is 1.21. The number of pyridine rings is 1. The summed E-state index contributed by atoms with van der Waals surface area (Å²) < 4.78 is 0. The smallest absolute Gasteiger partial charge is 0.266 e. The van der Waals surface area contributed by atoms with Crippen LogP contribution in [0.25, 0.3) is 11.3 Å². The van der Waals surface area contributed by atoms with Crippen LogP contribution in [-0.2, 0) is 0 Å². The molecular formula is C10H7N3O. The molecule has 0 aliphatic carbocycles. The molecule has 4 nitrogen and oxygen atoms in total. The number of aromatic nitrogens is 2. The monoisotopic (exact) mass is 185 g/mol. The van der Waals surface area contributed by atoms with Crippen LogP contribution in [0.2, 0.25) is 0 Å². The maximum absolute atomic E-state index is 11.3. The van der Waals surface area contributed by atoms with Gasteiger partial charge in [0.15, 0.2) is 0 Å². The Morgan fingerprint density at radius 1 is 1.21 bits per heavy atom. The zero-order chi connectivity index (χ0) is 9.97. The molecule has 2 N–H and O–H groups in total. The topological polar surface area (TPSA) is 72.4 Å². The van der Waals surface area contributed by atoms with Crippen LogP contribution in [0.15, 0.2) is 35.4 Å². The van der Waals surface area contributed by atoms with Crippen LogP contribution in [0, 0.1) is 11.3 Å². The zero-order valence-corrected chi connectivity index (χ0v) is 7.24. The van der Waals surface area contributed by atoms with Gasteiger partial charge in [-0.1, -0.05) is 0 Å². The van der Waals surface area contributed by atoms with Crippen LogP contribution >= 0.6 is 0 Å². The average Bonchev–Trinajstić information content (AvgIpc) is 2.70. The summed E-state index contributed by atoms with van der Waals surface area (Å²) in [5, 5.41) is 8.81. The first kappa shape index (κ1) is 8.32. The molecular weight excluding hydrogens is 178 g/mol. The van der Waals surface area contributed by atoms with Crippen molar-refractivity contribution in [1.29, 1.82) is 5.26 Å². The van der Waals surface area contributed by atoms with Gasteiger partial charge in [-0.25, -0.2) is 0 Å². The molecule has 0 aliphatic heterocycles. The lowest BCUT2D eigenvalue weighted by Crippen LogP contribution is -2.10. The number of nitriles is 1. The van der Waals surface area contributed by atoms with Crippen molar-refractivity contribution in [3.05, 3.63) is 46.5 Å². The molecule has 0 bridgehead atoms. The Balaban J connectivity index is 2.72. The van der Waals surface area contributed by atoms with Gasteiger partial charge < -0.3 is 9.97 Å². The predicted octanol–water partition coefficient (Wildman–Crippen LogP) is 1.24. The molecule has 0 radical (unpaired) electrons. The quantitative estimate of drug-likeness (QED) is 0.701. The van der Waals surface area contributed by atoms with E-state index in [1.165, 1.54) is 6.20 Å². The molecule has 0 saturated carbocycles. The Kier molecular flexibility index (Phi) is 1.92. The highest BCUT2D eigenvalue weighted by Gasteiger charge is 2.07. The van der Waals surface area contributed by atoms with Crippen molar-refractivity contribution in [3.63, 3.8) is 0 Å². The lowest BCUT2D eigenvalue weighted by molar-refractivity contribution is 1.21. The minimum Gasteiger partial charge on any atom is -0.361 e. The number of aromatic amines is 2. The molecule has 0 amide bonds. The Bertz CT molecular complexity index is 531. The third-order valence-corrected chi connectivity index (χ3v) is 1.96. The van der Waals surface area contributed by atoms with E-state index >= 15 is 0 Å². The van der Waals surface area contributed by atoms with Crippen LogP contribution in [-0.4, -0.2) is 9.97 Å². The Hall–Kier alpha value is -2.28. The predicted molar refractivity (Wildman–Crippen MR) is 51.6 cm³/mol. The van der Waals surface area contributed by atoms with Crippen molar-refractivity contribution in [1.82, 2.24) is 9.97 Å². The van der Waals surface area contributed by atoms with Gasteiger partial charge >= 0.3 is 0 Å². The molecule has 0 saturated heterocycles. The first-order valence-electron chi connectivity index (χ1n) is 4.08. The second kappa shape index (κ2) is 3.23. The molecule has 0 fully saturated rings. The summed E-state index contributed by atoms with van der Waals surface area (Å²) in [4.78, 5) is 16.7. The highest BCUT2D eigenvalue weighted by atomic mass is 16.1. The fourth-order valence-electron chi connectivity index (χ4n) is 1.31. The fourth-order valence-corrected chi connectivity index (χ4v) is 1.31. The van der Waals surface area contributed by atoms with E-state index in [0.29, 0.717) is 5.56 Å². The summed E-state index contributed by atoms with van der Waals surface area (Å²) in [6.07, 6.45) is 3.27. The second-order valence-electron chi connectivity index (χ2n) is 2.79. The van der Waals surface area contributed by atoms with E-state index in [-0.39, 0.29) is 11.1 Å². The van der Waals surface area contributed by atoms with Crippen LogP contribution in [0.5, 0.6) is 0 Å². The summed E-state index contributed by atoms with van der Waals surface area (Å²) in [5.41, 5.74) is 1.17. The van der Waals surface area contributed by atoms with Crippen LogP contribution in [0.3, 0.4) is 0 Å². The number of H-pyrrole nitrogens is 2. The van der Waals surface area contributed by atoms with E-state index in [9.17, 15) is 4.79 Å². The lowest BCUT2D eigenvalue weighted by Gasteiger charge is -1.98. The van der Waals surface area contributed by atoms with E-state index in [2.05, 4.69) is 9.97 Å². The van der Waals surface area contributed by atoms with Crippen molar-refractivity contribution in [3.8, 4) is 17.3 Å². The SMILES string of the molecule is N#Cc1c(-c2ccc[nH]2)cc[nH]c1=O. The highest BCUT2D eigenvalue weighted by molar-refractivity contribution is 5.66. The van der Waals surface area contributed by atoms with E-state index in [0.717, 1.165) is 5.69 Å². The largest absolute Gasteiger partial charge is 0.361 e. The van der Waals surface area contributed by atoms with Crippen molar-refractivity contribution in [2.24, 2.45) is 0 Å². The number of hydrogen-bond donors (Lipinski definition) is 2. The molecule has 0 aliphatic rings. The minimum absolute atomic E-state index is 0.134. The summed E-state index contributed by atoms with van der Waals surface area (Å²) in [7, 11) is 0. The standard InChI is InChI=1S/C10H7N3O/c11-6-8-7(3-5-13-10(8)14)9-2-1-4-12-9/h1-5,12H,(H,13,14). The summed E-state index contributed by atoms with van der Waals surface area (Å²) in [6, 6.07) is 7.22. The molecule has 0 spiro atoms. The molecule has 0 unspecified atom stereocenters. The number of hydrogen-bond acceptors (Lipinski definition) is 2. The van der Waals surface area contributed by atoms with E-state index < -0.39 is 0 Å². The van der Waals surface area contributed by atoms with Gasteiger partial charge in [0.2, 0.25) is 0 Å². The van der Waals surface area contributed by atoms with Crippen LogP contribution in [0.1, 0.15) is 5.56 Å². The first-order valence-corrected chi connectivity index (χ1v) is 4.08. The molecule has 2 aromatic rings. The maximum atomic E-state index is 11.3. The normalized spacial score (nSPS) is 9.64. The summed E-state index contributed by atoms with van der Waals surface area (Å²) in [5.74, 6) is 0. The van der Waals surface area contributed by atoms with Gasteiger partial charge in [-0.2, -0.15) is 5.26 Å². The maximum Gasteiger partial charge on any atom is 0.266 e. The van der Waals surface area contributed by atoms with E-state index in [4.69, 9.17) is 5.26 Å². The van der Waals surface area contributed by atoms with E-state index in [1.807, 2.05) is 18.2 Å². The van der Waals surface area contributed by atoms with E-state index in [1.54, 1.807) is 12.3 Å². The van der Waals surface area contributed by atoms with Crippen LogP contribution in [0.4, 0.5) is 0 Å². The molecule has 2 heterocycles. The van der Waals surface area contributed by atoms with Crippen LogP contribution < -0.4 is 5.56 Å². The molecule has 0 aromatic carbocycles. The average molecular weight is 185 g/mol. The zero-order valence-electron chi connectivity index (χ0n) is 7.24. The third-order valence-electron chi connectivity index (χ3n) is 1.96. The molecule has 14 heavy (non-hydrogen) atoms. The first-order chi connectivity index (χ1) is 6.83. The van der Waals surface area contributed by atoms with Crippen molar-refractivity contribution in [2.75, 3.05) is 0 Å². The van der Waals surface area contributed by atoms with Crippen molar-refractivity contribution < 1.29 is 0 Å². The molecule has 4 heteroatoms. The summed E-state index contributed by atoms with van der Waals surface area (Å²) in [6.45, 7) is 0. The number of nitrogens with one attached hydrogen (secondary N) is 2. The fraction of sp³-hybridized carbons (Fsp3) is 0. The number of rotatable bonds is 1. The van der Waals surface area contributed by atoms with Gasteiger partial charge in [0.1, 0.15) is 11.6 Å². The number of nitrogens with zero attached hydrogens (tertiary/aromatic N) is 1. The second-order valence-corrected chi connectivity index (χ2v) is 2.79. The van der Waals surface area contributed by atoms with Gasteiger partial charge in [0.25, 0.3) is 5.56 Å². The van der Waals surface area contributed by atoms with Gasteiger partial charge in [0, 0.05) is 23.7 Å². The highest BCUT2D eigenvalue weighted by Crippen LogP contribution is 2.17. The molecule has 68 valence electrons. The Labute approximate surface area is 79.8 Å². The Morgan fingerprint density at radius 3 is 2.71 bits per heavy atom. The lowest BCUT2D eigenvalue weighted by atomic mass is 10.1. The van der Waals surface area contributed by atoms with Gasteiger partial charge in [-0.05, 0) is 18.2 Å². The van der Waals surface area contributed by atoms with Gasteiger partial charge in [0.05, 0.1) is 0 Å². The van der Waals surface area contributed by atoms with Crippen molar-refractivity contribution >= 4 is 0 Å². The van der Waals surface area contributed by atoms with Crippen molar-refractivity contribution in [2.45, 2.75) is 0 Å². The molecule has 2 rings (SSSR count).